The molecule has 0 bridgehead atoms. The summed E-state index contributed by atoms with van der Waals surface area (Å²) in [6.07, 6.45) is 13.5. The van der Waals surface area contributed by atoms with Crippen molar-refractivity contribution in [1.29, 1.82) is 0 Å². The molecule has 4 nitrogen and oxygen atoms in total. The van der Waals surface area contributed by atoms with Gasteiger partial charge in [0.25, 0.3) is 0 Å². The summed E-state index contributed by atoms with van der Waals surface area (Å²) in [5.41, 5.74) is 1.39. The minimum Gasteiger partial charge on any atom is -0.481 e. The predicted octanol–water partition coefficient (Wildman–Crippen LogP) is 5.90. The third-order valence-electron chi connectivity index (χ3n) is 4.52. The van der Waals surface area contributed by atoms with Crippen molar-refractivity contribution in [3.63, 3.8) is 0 Å². The average Bonchev–Trinajstić information content (AvgIpc) is 2.56. The van der Waals surface area contributed by atoms with Crippen LogP contribution in [-0.2, 0) is 14.3 Å². The number of carboxylic acid groups (broad SMARTS) is 1. The Bertz CT molecular complexity index is 387. The number of ether oxygens (including phenoxy) is 1. The van der Waals surface area contributed by atoms with Crippen molar-refractivity contribution in [2.45, 2.75) is 97.8 Å². The predicted molar refractivity (Wildman–Crippen MR) is 103 cm³/mol. The standard InChI is InChI=1S/C21H38O4/c1-4-6-9-13-18(3)14-12-16-19(21(23)24)15-10-7-8-11-17-20(22)25-5-2/h14,19H,4-13,15-17H2,1-3H3,(H,23,24)/b18-14+. The van der Waals surface area contributed by atoms with Crippen LogP contribution in [0.3, 0.4) is 0 Å². The van der Waals surface area contributed by atoms with Crippen molar-refractivity contribution >= 4 is 11.9 Å². The molecule has 0 aromatic rings. The van der Waals surface area contributed by atoms with E-state index >= 15 is 0 Å². The van der Waals surface area contributed by atoms with Gasteiger partial charge in [0.15, 0.2) is 0 Å². The molecule has 0 rings (SSSR count). The molecule has 4 heteroatoms. The third-order valence-corrected chi connectivity index (χ3v) is 4.52. The van der Waals surface area contributed by atoms with Crippen LogP contribution < -0.4 is 0 Å². The molecule has 0 aliphatic heterocycles. The van der Waals surface area contributed by atoms with Crippen LogP contribution in [0.2, 0.25) is 0 Å². The van der Waals surface area contributed by atoms with E-state index in [2.05, 4.69) is 19.9 Å². The minimum atomic E-state index is -0.677. The zero-order valence-corrected chi connectivity index (χ0v) is 16.5. The number of allylic oxidation sites excluding steroid dienone is 2. The molecule has 0 spiro atoms. The van der Waals surface area contributed by atoms with Gasteiger partial charge in [-0.25, -0.2) is 0 Å². The summed E-state index contributed by atoms with van der Waals surface area (Å²) in [5.74, 6) is -1.06. The fourth-order valence-corrected chi connectivity index (χ4v) is 2.92. The Labute approximate surface area is 154 Å². The van der Waals surface area contributed by atoms with Gasteiger partial charge in [-0.1, -0.05) is 50.7 Å². The van der Waals surface area contributed by atoms with Crippen molar-refractivity contribution in [2.75, 3.05) is 6.61 Å². The summed E-state index contributed by atoms with van der Waals surface area (Å²) < 4.78 is 4.89. The number of carbonyl (C=O) groups excluding carboxylic acids is 1. The number of carbonyl (C=O) groups is 2. The third kappa shape index (κ3) is 14.7. The van der Waals surface area contributed by atoms with Gasteiger partial charge in [0, 0.05) is 6.42 Å². The van der Waals surface area contributed by atoms with E-state index in [-0.39, 0.29) is 11.9 Å². The molecule has 1 unspecified atom stereocenters. The van der Waals surface area contributed by atoms with E-state index in [1.807, 2.05) is 6.92 Å². The van der Waals surface area contributed by atoms with Gasteiger partial charge in [0.2, 0.25) is 0 Å². The van der Waals surface area contributed by atoms with E-state index in [4.69, 9.17) is 4.74 Å². The van der Waals surface area contributed by atoms with E-state index in [1.54, 1.807) is 0 Å². The lowest BCUT2D eigenvalue weighted by atomic mass is 9.95. The van der Waals surface area contributed by atoms with Crippen molar-refractivity contribution < 1.29 is 19.4 Å². The van der Waals surface area contributed by atoms with Crippen LogP contribution in [0.1, 0.15) is 97.8 Å². The van der Waals surface area contributed by atoms with Gasteiger partial charge >= 0.3 is 11.9 Å². The first-order valence-corrected chi connectivity index (χ1v) is 10.0. The molecule has 0 aromatic heterocycles. The van der Waals surface area contributed by atoms with Crippen LogP contribution >= 0.6 is 0 Å². The number of carboxylic acids is 1. The second-order valence-electron chi connectivity index (χ2n) is 6.88. The molecule has 0 radical (unpaired) electrons. The number of hydrogen-bond acceptors (Lipinski definition) is 3. The number of hydrogen-bond donors (Lipinski definition) is 1. The molecule has 0 saturated carbocycles. The molecule has 0 heterocycles. The summed E-state index contributed by atoms with van der Waals surface area (Å²) in [5, 5.41) is 9.36. The van der Waals surface area contributed by atoms with Gasteiger partial charge in [-0.15, -0.1) is 0 Å². The van der Waals surface area contributed by atoms with Crippen LogP contribution in [0, 0.1) is 5.92 Å². The lowest BCUT2D eigenvalue weighted by Crippen LogP contribution is -2.13. The molecule has 0 aliphatic carbocycles. The van der Waals surface area contributed by atoms with Crippen LogP contribution in [0.5, 0.6) is 0 Å². The largest absolute Gasteiger partial charge is 0.481 e. The zero-order chi connectivity index (χ0) is 18.9. The molecule has 146 valence electrons. The minimum absolute atomic E-state index is 0.132. The van der Waals surface area contributed by atoms with Crippen LogP contribution in [-0.4, -0.2) is 23.7 Å². The fourth-order valence-electron chi connectivity index (χ4n) is 2.92. The summed E-state index contributed by atoms with van der Waals surface area (Å²) in [4.78, 5) is 22.6. The van der Waals surface area contributed by atoms with Gasteiger partial charge in [0.05, 0.1) is 12.5 Å². The zero-order valence-electron chi connectivity index (χ0n) is 16.5. The molecule has 1 atom stereocenters. The molecule has 1 N–H and O–H groups in total. The molecule has 0 fully saturated rings. The van der Waals surface area contributed by atoms with E-state index in [9.17, 15) is 14.7 Å². The normalized spacial score (nSPS) is 12.8. The Morgan fingerprint density at radius 2 is 1.64 bits per heavy atom. The number of unbranched alkanes of at least 4 members (excludes halogenated alkanes) is 5. The average molecular weight is 355 g/mol. The summed E-state index contributed by atoms with van der Waals surface area (Å²) >= 11 is 0. The highest BCUT2D eigenvalue weighted by atomic mass is 16.5. The number of rotatable bonds is 16. The molecule has 0 aliphatic rings. The maximum Gasteiger partial charge on any atom is 0.306 e. The molecule has 0 aromatic carbocycles. The van der Waals surface area contributed by atoms with E-state index in [1.165, 1.54) is 24.8 Å². The van der Waals surface area contributed by atoms with Crippen molar-refractivity contribution in [2.24, 2.45) is 5.92 Å². The Kier molecular flexibility index (Phi) is 15.3. The smallest absolute Gasteiger partial charge is 0.306 e. The maximum atomic E-state index is 11.4. The van der Waals surface area contributed by atoms with E-state index < -0.39 is 5.97 Å². The second kappa shape index (κ2) is 16.2. The van der Waals surface area contributed by atoms with Gasteiger partial charge in [0.1, 0.15) is 0 Å². The Morgan fingerprint density at radius 1 is 0.960 bits per heavy atom. The van der Waals surface area contributed by atoms with Crippen LogP contribution in [0.4, 0.5) is 0 Å². The number of aliphatic carboxylic acids is 1. The SMILES string of the molecule is CCCCC/C(C)=C/CCC(CCCCCCC(=O)OCC)C(=O)O. The topological polar surface area (TPSA) is 63.6 Å². The molecular formula is C21H38O4. The van der Waals surface area contributed by atoms with Crippen molar-refractivity contribution in [3.8, 4) is 0 Å². The van der Waals surface area contributed by atoms with Gasteiger partial charge in [-0.2, -0.15) is 0 Å². The van der Waals surface area contributed by atoms with E-state index in [0.29, 0.717) is 13.0 Å². The summed E-state index contributed by atoms with van der Waals surface area (Å²) in [6, 6.07) is 0. The first-order valence-electron chi connectivity index (χ1n) is 10.0. The van der Waals surface area contributed by atoms with Crippen LogP contribution in [0.15, 0.2) is 11.6 Å². The van der Waals surface area contributed by atoms with Crippen molar-refractivity contribution in [3.05, 3.63) is 11.6 Å². The first kappa shape index (κ1) is 23.7. The lowest BCUT2D eigenvalue weighted by Gasteiger charge is -2.11. The molecule has 0 amide bonds. The van der Waals surface area contributed by atoms with Crippen molar-refractivity contribution in [1.82, 2.24) is 0 Å². The Hall–Kier alpha value is -1.32. The van der Waals surface area contributed by atoms with Gasteiger partial charge in [-0.05, 0) is 52.4 Å². The van der Waals surface area contributed by atoms with E-state index in [0.717, 1.165) is 51.4 Å². The second-order valence-corrected chi connectivity index (χ2v) is 6.88. The summed E-state index contributed by atoms with van der Waals surface area (Å²) in [7, 11) is 0. The Morgan fingerprint density at radius 3 is 2.28 bits per heavy atom. The molecule has 25 heavy (non-hydrogen) atoms. The van der Waals surface area contributed by atoms with Gasteiger partial charge in [-0.3, -0.25) is 9.59 Å². The molecular weight excluding hydrogens is 316 g/mol. The molecule has 0 saturated heterocycles. The first-order chi connectivity index (χ1) is 12.0. The highest BCUT2D eigenvalue weighted by Gasteiger charge is 2.15. The quantitative estimate of drug-likeness (QED) is 0.213. The maximum absolute atomic E-state index is 11.4. The number of esters is 1. The van der Waals surface area contributed by atoms with Gasteiger partial charge < -0.3 is 9.84 Å². The highest BCUT2D eigenvalue weighted by Crippen LogP contribution is 2.19. The lowest BCUT2D eigenvalue weighted by molar-refractivity contribution is -0.143. The van der Waals surface area contributed by atoms with Crippen LogP contribution in [0.25, 0.3) is 0 Å². The fraction of sp³-hybridized carbons (Fsp3) is 0.810. The summed E-state index contributed by atoms with van der Waals surface area (Å²) in [6.45, 7) is 6.60. The Balaban J connectivity index is 3.86. The highest BCUT2D eigenvalue weighted by molar-refractivity contribution is 5.70. The monoisotopic (exact) mass is 354 g/mol.